The van der Waals surface area contributed by atoms with E-state index in [1.165, 1.54) is 0 Å². The van der Waals surface area contributed by atoms with Crippen molar-refractivity contribution in [1.82, 2.24) is 25.0 Å². The van der Waals surface area contributed by atoms with E-state index in [0.29, 0.717) is 23.1 Å². The zero-order valence-corrected chi connectivity index (χ0v) is 12.9. The summed E-state index contributed by atoms with van der Waals surface area (Å²) in [6, 6.07) is 7.06. The number of likely N-dealkylation sites (N-methyl/N-ethyl adjacent to an activating group) is 1. The van der Waals surface area contributed by atoms with Gasteiger partial charge < -0.3 is 14.8 Å². The molecule has 0 bridgehead atoms. The average Bonchev–Trinajstić information content (AvgIpc) is 2.98. The standard InChI is InChI=1S/C15H17N5O3/c1-9(16-2)7-12-18-13(23-19-12)8-20-14(21)10-5-3-4-6-11(10)17-15(20)22/h3-6,9,16H,7-8H2,1-2H3,(H,17,22). The lowest BCUT2D eigenvalue weighted by molar-refractivity contribution is 0.361. The van der Waals surface area contributed by atoms with Crippen LogP contribution >= 0.6 is 0 Å². The Morgan fingerprint density at radius 1 is 1.35 bits per heavy atom. The Morgan fingerprint density at radius 2 is 2.13 bits per heavy atom. The number of aromatic nitrogens is 4. The van der Waals surface area contributed by atoms with Crippen LogP contribution in [-0.2, 0) is 13.0 Å². The highest BCUT2D eigenvalue weighted by Gasteiger charge is 2.13. The molecule has 0 amide bonds. The van der Waals surface area contributed by atoms with Gasteiger partial charge in [-0.15, -0.1) is 0 Å². The molecule has 3 rings (SSSR count). The molecule has 8 nitrogen and oxygen atoms in total. The van der Waals surface area contributed by atoms with Gasteiger partial charge in [-0.3, -0.25) is 9.36 Å². The molecule has 2 N–H and O–H groups in total. The molecule has 8 heteroatoms. The van der Waals surface area contributed by atoms with E-state index in [-0.39, 0.29) is 24.0 Å². The molecular weight excluding hydrogens is 298 g/mol. The summed E-state index contributed by atoms with van der Waals surface area (Å²) >= 11 is 0. The van der Waals surface area contributed by atoms with Gasteiger partial charge in [-0.05, 0) is 26.1 Å². The van der Waals surface area contributed by atoms with Gasteiger partial charge in [0.05, 0.1) is 10.9 Å². The zero-order chi connectivity index (χ0) is 16.4. The van der Waals surface area contributed by atoms with Gasteiger partial charge in [0.1, 0.15) is 6.54 Å². The number of fused-ring (bicyclic) bond motifs is 1. The van der Waals surface area contributed by atoms with E-state index in [1.54, 1.807) is 24.3 Å². The fourth-order valence-electron chi connectivity index (χ4n) is 2.29. The van der Waals surface area contributed by atoms with Crippen LogP contribution in [-0.4, -0.2) is 32.8 Å². The summed E-state index contributed by atoms with van der Waals surface area (Å²) in [5, 5.41) is 7.39. The molecule has 0 aliphatic carbocycles. The van der Waals surface area contributed by atoms with Gasteiger partial charge in [0.25, 0.3) is 5.56 Å². The summed E-state index contributed by atoms with van der Waals surface area (Å²) in [5.74, 6) is 0.762. The van der Waals surface area contributed by atoms with E-state index in [2.05, 4.69) is 20.4 Å². The van der Waals surface area contributed by atoms with Gasteiger partial charge in [0.2, 0.25) is 5.89 Å². The van der Waals surface area contributed by atoms with E-state index in [9.17, 15) is 9.59 Å². The lowest BCUT2D eigenvalue weighted by Gasteiger charge is -2.05. The molecule has 0 saturated carbocycles. The number of para-hydroxylation sites is 1. The molecule has 2 heterocycles. The molecule has 1 atom stereocenters. The van der Waals surface area contributed by atoms with Gasteiger partial charge in [-0.2, -0.15) is 4.98 Å². The number of nitrogens with zero attached hydrogens (tertiary/aromatic N) is 3. The largest absolute Gasteiger partial charge is 0.337 e. The SMILES string of the molecule is CNC(C)Cc1noc(Cn2c(=O)[nH]c3ccccc3c2=O)n1. The molecule has 1 unspecified atom stereocenters. The van der Waals surface area contributed by atoms with E-state index in [1.807, 2.05) is 14.0 Å². The van der Waals surface area contributed by atoms with Gasteiger partial charge >= 0.3 is 5.69 Å². The molecule has 0 aliphatic rings. The van der Waals surface area contributed by atoms with Crippen molar-refractivity contribution < 1.29 is 4.52 Å². The highest BCUT2D eigenvalue weighted by Crippen LogP contribution is 2.05. The highest BCUT2D eigenvalue weighted by molar-refractivity contribution is 5.76. The second kappa shape index (κ2) is 6.17. The summed E-state index contributed by atoms with van der Waals surface area (Å²) in [4.78, 5) is 31.4. The minimum Gasteiger partial charge on any atom is -0.337 e. The molecular formula is C15H17N5O3. The van der Waals surface area contributed by atoms with E-state index in [4.69, 9.17) is 4.52 Å². The Bertz CT molecular complexity index is 940. The van der Waals surface area contributed by atoms with Gasteiger partial charge in [-0.25, -0.2) is 4.79 Å². The van der Waals surface area contributed by atoms with Crippen LogP contribution in [0.2, 0.25) is 0 Å². The first-order chi connectivity index (χ1) is 11.1. The third kappa shape index (κ3) is 3.07. The number of aromatic amines is 1. The zero-order valence-electron chi connectivity index (χ0n) is 12.9. The average molecular weight is 315 g/mol. The lowest BCUT2D eigenvalue weighted by Crippen LogP contribution is -2.35. The maximum absolute atomic E-state index is 12.4. The van der Waals surface area contributed by atoms with Crippen LogP contribution in [0.4, 0.5) is 0 Å². The number of hydrogen-bond acceptors (Lipinski definition) is 6. The Balaban J connectivity index is 1.93. The lowest BCUT2D eigenvalue weighted by atomic mass is 10.2. The number of H-pyrrole nitrogens is 1. The van der Waals surface area contributed by atoms with Crippen LogP contribution in [0.1, 0.15) is 18.6 Å². The van der Waals surface area contributed by atoms with Crippen LogP contribution in [0.3, 0.4) is 0 Å². The fourth-order valence-corrected chi connectivity index (χ4v) is 2.29. The summed E-state index contributed by atoms with van der Waals surface area (Å²) < 4.78 is 6.19. The van der Waals surface area contributed by atoms with Crippen LogP contribution < -0.4 is 16.6 Å². The van der Waals surface area contributed by atoms with Crippen molar-refractivity contribution in [2.75, 3.05) is 7.05 Å². The van der Waals surface area contributed by atoms with Crippen LogP contribution in [0, 0.1) is 0 Å². The van der Waals surface area contributed by atoms with Gasteiger partial charge in [0, 0.05) is 12.5 Å². The van der Waals surface area contributed by atoms with E-state index >= 15 is 0 Å². The monoisotopic (exact) mass is 315 g/mol. The first-order valence-corrected chi connectivity index (χ1v) is 7.29. The van der Waals surface area contributed by atoms with Gasteiger partial charge in [0.15, 0.2) is 5.82 Å². The minimum absolute atomic E-state index is 0.0556. The fraction of sp³-hybridized carbons (Fsp3) is 0.333. The quantitative estimate of drug-likeness (QED) is 0.700. The number of nitrogens with one attached hydrogen (secondary N) is 2. The molecule has 0 saturated heterocycles. The maximum Gasteiger partial charge on any atom is 0.329 e. The smallest absolute Gasteiger partial charge is 0.329 e. The van der Waals surface area contributed by atoms with Crippen molar-refractivity contribution in [3.8, 4) is 0 Å². The van der Waals surface area contributed by atoms with Crippen molar-refractivity contribution in [3.05, 3.63) is 56.8 Å². The summed E-state index contributed by atoms with van der Waals surface area (Å²) in [6.07, 6.45) is 0.600. The summed E-state index contributed by atoms with van der Waals surface area (Å²) in [5.41, 5.74) is -0.377. The molecule has 23 heavy (non-hydrogen) atoms. The Morgan fingerprint density at radius 3 is 2.91 bits per heavy atom. The topological polar surface area (TPSA) is 106 Å². The normalized spacial score (nSPS) is 12.6. The van der Waals surface area contributed by atoms with Crippen LogP contribution in [0.5, 0.6) is 0 Å². The van der Waals surface area contributed by atoms with Gasteiger partial charge in [-0.1, -0.05) is 17.3 Å². The number of rotatable bonds is 5. The molecule has 3 aromatic rings. The molecule has 0 aliphatic heterocycles. The molecule has 120 valence electrons. The summed E-state index contributed by atoms with van der Waals surface area (Å²) in [6.45, 7) is 1.94. The summed E-state index contributed by atoms with van der Waals surface area (Å²) in [7, 11) is 1.85. The van der Waals surface area contributed by atoms with Crippen LogP contribution in [0.15, 0.2) is 38.4 Å². The number of hydrogen-bond donors (Lipinski definition) is 2. The minimum atomic E-state index is -0.503. The predicted molar refractivity (Wildman–Crippen MR) is 84.5 cm³/mol. The van der Waals surface area contributed by atoms with Crippen LogP contribution in [0.25, 0.3) is 10.9 Å². The van der Waals surface area contributed by atoms with Crippen molar-refractivity contribution in [3.63, 3.8) is 0 Å². The Kier molecular flexibility index (Phi) is 4.07. The van der Waals surface area contributed by atoms with Crippen molar-refractivity contribution >= 4 is 10.9 Å². The Hall–Kier alpha value is -2.74. The maximum atomic E-state index is 12.4. The second-order valence-electron chi connectivity index (χ2n) is 5.37. The van der Waals surface area contributed by atoms with E-state index in [0.717, 1.165) is 4.57 Å². The second-order valence-corrected chi connectivity index (χ2v) is 5.37. The van der Waals surface area contributed by atoms with Crippen molar-refractivity contribution in [2.45, 2.75) is 25.9 Å². The van der Waals surface area contributed by atoms with E-state index < -0.39 is 5.69 Å². The molecule has 1 aromatic carbocycles. The highest BCUT2D eigenvalue weighted by atomic mass is 16.5. The Labute approximate surface area is 131 Å². The molecule has 2 aromatic heterocycles. The van der Waals surface area contributed by atoms with Crippen molar-refractivity contribution in [2.24, 2.45) is 0 Å². The first kappa shape index (κ1) is 15.2. The number of benzene rings is 1. The predicted octanol–water partition coefficient (Wildman–Crippen LogP) is 0.271. The van der Waals surface area contributed by atoms with Crippen molar-refractivity contribution in [1.29, 1.82) is 0 Å². The third-order valence-corrected chi connectivity index (χ3v) is 3.67. The first-order valence-electron chi connectivity index (χ1n) is 7.29. The molecule has 0 fully saturated rings. The third-order valence-electron chi connectivity index (χ3n) is 3.67. The molecule has 0 spiro atoms. The molecule has 0 radical (unpaired) electrons.